The van der Waals surface area contributed by atoms with Gasteiger partial charge in [0.15, 0.2) is 5.69 Å². The van der Waals surface area contributed by atoms with Gasteiger partial charge in [-0.15, -0.1) is 0 Å². The van der Waals surface area contributed by atoms with Gasteiger partial charge in [-0.1, -0.05) is 48.0 Å². The molecule has 3 aromatic carbocycles. The van der Waals surface area contributed by atoms with Gasteiger partial charge in [-0.25, -0.2) is 4.68 Å². The number of hydrogen-bond donors (Lipinski definition) is 1. The van der Waals surface area contributed by atoms with Crippen LogP contribution in [0.25, 0.3) is 28.1 Å². The number of alkyl halides is 3. The number of rotatable bonds is 4. The van der Waals surface area contributed by atoms with Crippen molar-refractivity contribution in [2.24, 2.45) is 5.73 Å². The van der Waals surface area contributed by atoms with Crippen molar-refractivity contribution in [1.82, 2.24) is 9.78 Å². The van der Waals surface area contributed by atoms with E-state index in [0.29, 0.717) is 16.9 Å². The highest BCUT2D eigenvalue weighted by atomic mass is 19.4. The van der Waals surface area contributed by atoms with E-state index in [2.05, 4.69) is 11.2 Å². The average molecular weight is 435 g/mol. The zero-order valence-electron chi connectivity index (χ0n) is 17.4. The number of hydrogen-bond acceptors (Lipinski definition) is 2. The Morgan fingerprint density at radius 3 is 2.19 bits per heavy atom. The van der Waals surface area contributed by atoms with Crippen LogP contribution in [0.4, 0.5) is 13.2 Å². The van der Waals surface area contributed by atoms with Gasteiger partial charge in [0.1, 0.15) is 0 Å². The molecule has 4 rings (SSSR count). The zero-order valence-corrected chi connectivity index (χ0v) is 17.4. The summed E-state index contributed by atoms with van der Waals surface area (Å²) in [6, 6.07) is 20.7. The van der Waals surface area contributed by atoms with E-state index < -0.39 is 17.8 Å². The summed E-state index contributed by atoms with van der Waals surface area (Å²) in [5, 5.41) is 3.81. The van der Waals surface area contributed by atoms with Crippen LogP contribution < -0.4 is 5.73 Å². The normalized spacial score (nSPS) is 11.5. The third kappa shape index (κ3) is 4.14. The second kappa shape index (κ2) is 8.00. The van der Waals surface area contributed by atoms with E-state index >= 15 is 0 Å². The number of aromatic nitrogens is 2. The Hall–Kier alpha value is -3.87. The van der Waals surface area contributed by atoms with Gasteiger partial charge in [0.2, 0.25) is 5.91 Å². The first kappa shape index (κ1) is 21.4. The van der Waals surface area contributed by atoms with E-state index in [0.717, 1.165) is 28.3 Å². The minimum absolute atomic E-state index is 0.261. The Balaban J connectivity index is 1.84. The van der Waals surface area contributed by atoms with E-state index in [1.54, 1.807) is 6.07 Å². The van der Waals surface area contributed by atoms with Crippen LogP contribution in [-0.4, -0.2) is 15.7 Å². The first-order chi connectivity index (χ1) is 15.1. The highest BCUT2D eigenvalue weighted by molar-refractivity contribution is 5.92. The molecule has 4 nitrogen and oxygen atoms in total. The van der Waals surface area contributed by atoms with Crippen LogP contribution >= 0.6 is 0 Å². The fourth-order valence-corrected chi connectivity index (χ4v) is 3.63. The van der Waals surface area contributed by atoms with E-state index in [1.807, 2.05) is 44.2 Å². The van der Waals surface area contributed by atoms with Gasteiger partial charge < -0.3 is 5.73 Å². The summed E-state index contributed by atoms with van der Waals surface area (Å²) in [6.07, 6.45) is -4.59. The molecular formula is C25H20F3N3O. The molecule has 162 valence electrons. The van der Waals surface area contributed by atoms with E-state index in [9.17, 15) is 18.0 Å². The Labute approximate surface area is 183 Å². The summed E-state index contributed by atoms with van der Waals surface area (Å²) in [7, 11) is 0. The Morgan fingerprint density at radius 1 is 0.906 bits per heavy atom. The average Bonchev–Trinajstić information content (AvgIpc) is 3.19. The molecule has 0 unspecified atom stereocenters. The summed E-state index contributed by atoms with van der Waals surface area (Å²) < 4.78 is 41.6. The lowest BCUT2D eigenvalue weighted by molar-refractivity contribution is -0.141. The first-order valence-electron chi connectivity index (χ1n) is 9.89. The Bertz CT molecular complexity index is 1310. The van der Waals surface area contributed by atoms with Gasteiger partial charge in [0.25, 0.3) is 0 Å². The van der Waals surface area contributed by atoms with Crippen molar-refractivity contribution in [3.63, 3.8) is 0 Å². The molecule has 1 heterocycles. The van der Waals surface area contributed by atoms with Gasteiger partial charge >= 0.3 is 6.18 Å². The second-order valence-electron chi connectivity index (χ2n) is 7.63. The van der Waals surface area contributed by atoms with Crippen LogP contribution in [0.2, 0.25) is 0 Å². The quantitative estimate of drug-likeness (QED) is 0.431. The predicted octanol–water partition coefficient (Wildman–Crippen LogP) is 5.94. The van der Waals surface area contributed by atoms with Crippen LogP contribution in [0.1, 0.15) is 27.2 Å². The maximum atomic E-state index is 13.5. The molecule has 2 N–H and O–H groups in total. The maximum Gasteiger partial charge on any atom is 0.435 e. The van der Waals surface area contributed by atoms with Gasteiger partial charge in [0.05, 0.1) is 11.4 Å². The molecule has 0 spiro atoms. The largest absolute Gasteiger partial charge is 0.435 e. The van der Waals surface area contributed by atoms with Crippen molar-refractivity contribution in [3.8, 4) is 28.1 Å². The van der Waals surface area contributed by atoms with Crippen molar-refractivity contribution in [2.45, 2.75) is 20.0 Å². The van der Waals surface area contributed by atoms with Crippen LogP contribution in [0.5, 0.6) is 0 Å². The highest BCUT2D eigenvalue weighted by Crippen LogP contribution is 2.35. The number of nitrogens with zero attached hydrogens (tertiary/aromatic N) is 2. The van der Waals surface area contributed by atoms with E-state index in [4.69, 9.17) is 5.73 Å². The molecule has 0 bridgehead atoms. The number of benzene rings is 3. The molecule has 1 amide bonds. The lowest BCUT2D eigenvalue weighted by atomic mass is 9.97. The van der Waals surface area contributed by atoms with Crippen LogP contribution in [0, 0.1) is 13.8 Å². The van der Waals surface area contributed by atoms with Crippen molar-refractivity contribution < 1.29 is 18.0 Å². The van der Waals surface area contributed by atoms with Crippen LogP contribution in [0.15, 0.2) is 72.8 Å². The van der Waals surface area contributed by atoms with E-state index in [-0.39, 0.29) is 5.56 Å². The maximum absolute atomic E-state index is 13.5. The number of amides is 1. The zero-order chi connectivity index (χ0) is 23.0. The van der Waals surface area contributed by atoms with Crippen molar-refractivity contribution in [1.29, 1.82) is 0 Å². The molecule has 1 aromatic heterocycles. The fourth-order valence-electron chi connectivity index (χ4n) is 3.63. The highest BCUT2D eigenvalue weighted by Gasteiger charge is 2.35. The van der Waals surface area contributed by atoms with Crippen molar-refractivity contribution in [3.05, 3.63) is 95.2 Å². The molecular weight excluding hydrogens is 415 g/mol. The number of halogens is 3. The SMILES string of the molecule is Cc1cccc(-c2ccc(-c3cc(C(F)(F)F)nn3-c3ccc(C(N)=O)cc3)c(C)c2)c1. The van der Waals surface area contributed by atoms with Crippen LogP contribution in [-0.2, 0) is 6.18 Å². The summed E-state index contributed by atoms with van der Waals surface area (Å²) >= 11 is 0. The van der Waals surface area contributed by atoms with E-state index in [1.165, 1.54) is 28.9 Å². The topological polar surface area (TPSA) is 60.9 Å². The summed E-state index contributed by atoms with van der Waals surface area (Å²) in [6.45, 7) is 3.86. The number of carbonyl (C=O) groups is 1. The summed E-state index contributed by atoms with van der Waals surface area (Å²) in [5.74, 6) is -0.615. The van der Waals surface area contributed by atoms with Gasteiger partial charge in [-0.3, -0.25) is 4.79 Å². The second-order valence-corrected chi connectivity index (χ2v) is 7.63. The molecule has 0 atom stereocenters. The molecule has 0 saturated carbocycles. The molecule has 0 radical (unpaired) electrons. The third-order valence-electron chi connectivity index (χ3n) is 5.25. The monoisotopic (exact) mass is 435 g/mol. The standard InChI is InChI=1S/C25H20F3N3O/c1-15-4-3-5-18(12-15)19-8-11-21(16(2)13-19)22-14-23(25(26,27)28)30-31(22)20-9-6-17(7-10-20)24(29)32/h3-14H,1-2H3,(H2,29,32). The minimum Gasteiger partial charge on any atom is -0.366 e. The molecule has 0 saturated heterocycles. The molecule has 0 aliphatic carbocycles. The fraction of sp³-hybridized carbons (Fsp3) is 0.120. The Kier molecular flexibility index (Phi) is 5.34. The van der Waals surface area contributed by atoms with Gasteiger partial charge in [-0.05, 0) is 60.9 Å². The smallest absolute Gasteiger partial charge is 0.366 e. The summed E-state index contributed by atoms with van der Waals surface area (Å²) in [4.78, 5) is 11.3. The third-order valence-corrected chi connectivity index (χ3v) is 5.25. The van der Waals surface area contributed by atoms with Crippen molar-refractivity contribution >= 4 is 5.91 Å². The lowest BCUT2D eigenvalue weighted by Gasteiger charge is -2.12. The lowest BCUT2D eigenvalue weighted by Crippen LogP contribution is -2.11. The Morgan fingerprint density at radius 2 is 1.59 bits per heavy atom. The van der Waals surface area contributed by atoms with Crippen molar-refractivity contribution in [2.75, 3.05) is 0 Å². The van der Waals surface area contributed by atoms with Gasteiger partial charge in [0, 0.05) is 11.1 Å². The predicted molar refractivity (Wildman–Crippen MR) is 117 cm³/mol. The van der Waals surface area contributed by atoms with Crippen LogP contribution in [0.3, 0.4) is 0 Å². The molecule has 7 heteroatoms. The minimum atomic E-state index is -4.59. The number of primary amides is 1. The summed E-state index contributed by atoms with van der Waals surface area (Å²) in [5.41, 5.74) is 9.80. The van der Waals surface area contributed by atoms with Gasteiger partial charge in [-0.2, -0.15) is 18.3 Å². The molecule has 4 aromatic rings. The number of nitrogens with two attached hydrogens (primary N) is 1. The molecule has 0 aliphatic rings. The molecule has 0 fully saturated rings. The molecule has 32 heavy (non-hydrogen) atoms. The number of carbonyl (C=O) groups excluding carboxylic acids is 1. The number of aryl methyl sites for hydroxylation is 2. The molecule has 0 aliphatic heterocycles. The first-order valence-corrected chi connectivity index (χ1v) is 9.89.